The number of aromatic hydroxyl groups is 1. The van der Waals surface area contributed by atoms with Gasteiger partial charge in [-0.1, -0.05) is 31.0 Å². The van der Waals surface area contributed by atoms with Gasteiger partial charge < -0.3 is 40.0 Å². The number of phenolic OH excluding ortho intramolecular Hbond substituents is 1. The van der Waals surface area contributed by atoms with Crippen molar-refractivity contribution in [3.63, 3.8) is 0 Å². The van der Waals surface area contributed by atoms with Crippen molar-refractivity contribution in [1.29, 1.82) is 0 Å². The number of aromatic amines is 1. The zero-order valence-electron chi connectivity index (χ0n) is 27.8. The van der Waals surface area contributed by atoms with Crippen molar-refractivity contribution in [2.75, 3.05) is 39.9 Å². The minimum absolute atomic E-state index is 0. The number of esters is 1. The number of aromatic nitrogens is 1. The summed E-state index contributed by atoms with van der Waals surface area (Å²) in [5, 5.41) is 39.9. The highest BCUT2D eigenvalue weighted by atomic mass is 32.1. The van der Waals surface area contributed by atoms with Crippen molar-refractivity contribution in [3.8, 4) is 5.75 Å². The number of carbonyl (C=O) groups is 1. The monoisotopic (exact) mass is 717 g/mol. The van der Waals surface area contributed by atoms with Crippen LogP contribution in [-0.2, 0) is 19.9 Å². The second-order valence-electron chi connectivity index (χ2n) is 12.5. The number of aliphatic hydroxyl groups is 2. The van der Waals surface area contributed by atoms with Crippen LogP contribution in [0.15, 0.2) is 64.1 Å². The molecule has 268 valence electrons. The van der Waals surface area contributed by atoms with Crippen LogP contribution in [0, 0.1) is 0 Å². The number of thiophene rings is 2. The van der Waals surface area contributed by atoms with Gasteiger partial charge in [-0.2, -0.15) is 0 Å². The van der Waals surface area contributed by atoms with Gasteiger partial charge in [-0.3, -0.25) is 9.50 Å². The first-order valence-electron chi connectivity index (χ1n) is 16.8. The van der Waals surface area contributed by atoms with Gasteiger partial charge in [-0.05, 0) is 92.7 Å². The molecule has 0 saturated heterocycles. The van der Waals surface area contributed by atoms with Crippen molar-refractivity contribution in [3.05, 3.63) is 85.0 Å². The highest BCUT2D eigenvalue weighted by Gasteiger charge is 2.45. The molecule has 0 radical (unpaired) electrons. The van der Waals surface area contributed by atoms with E-state index in [9.17, 15) is 24.9 Å². The molecule has 3 aromatic heterocycles. The molecule has 1 atom stereocenters. The van der Waals surface area contributed by atoms with E-state index in [4.69, 9.17) is 9.47 Å². The number of unbranched alkanes of at least 4 members (excludes halogenated alkanes) is 3. The van der Waals surface area contributed by atoms with Gasteiger partial charge >= 0.3 is 5.97 Å². The van der Waals surface area contributed by atoms with Crippen LogP contribution in [0.5, 0.6) is 5.75 Å². The Bertz CT molecular complexity index is 1590. The molecule has 0 spiro atoms. The van der Waals surface area contributed by atoms with E-state index in [1.54, 1.807) is 24.3 Å². The summed E-state index contributed by atoms with van der Waals surface area (Å²) in [7, 11) is 2.13. The summed E-state index contributed by atoms with van der Waals surface area (Å²) in [5.74, 6) is -0.606. The van der Waals surface area contributed by atoms with Crippen LogP contribution in [-0.4, -0.2) is 83.2 Å². The first-order chi connectivity index (χ1) is 23.3. The van der Waals surface area contributed by atoms with Crippen molar-refractivity contribution in [1.82, 2.24) is 15.2 Å². The largest absolute Gasteiger partial charge is 0.506 e. The number of ether oxygens (including phenoxy) is 2. The van der Waals surface area contributed by atoms with E-state index in [2.05, 4.69) is 22.2 Å². The van der Waals surface area contributed by atoms with Crippen LogP contribution in [0.3, 0.4) is 0 Å². The number of pyridine rings is 1. The molecule has 5 rings (SSSR count). The molecule has 13 heteroatoms. The van der Waals surface area contributed by atoms with Gasteiger partial charge in [-0.15, -0.1) is 22.7 Å². The molecule has 0 amide bonds. The third-order valence-electron chi connectivity index (χ3n) is 9.18. The number of carbonyl (C=O) groups excluding carboxylic acids is 1. The number of nitrogens with one attached hydrogen (secondary N) is 2. The molecule has 0 aliphatic heterocycles. The van der Waals surface area contributed by atoms with Gasteiger partial charge in [0.25, 0.3) is 0 Å². The van der Waals surface area contributed by atoms with E-state index in [-0.39, 0.29) is 22.1 Å². The quantitative estimate of drug-likeness (QED) is 0.0673. The SMILES string of the molecule is CN(CCOCCCCCCNC[C@@H](O)c1ccc(O)c2[nH]c(=O)ccc12)C1CCC(OC(=O)C(O)(c2cccs2)c2cccs2)CC1.F. The number of hydrogen-bond acceptors (Lipinski definition) is 11. The third kappa shape index (κ3) is 9.97. The van der Waals surface area contributed by atoms with Crippen LogP contribution in [0.25, 0.3) is 10.9 Å². The average molecular weight is 718 g/mol. The highest BCUT2D eigenvalue weighted by molar-refractivity contribution is 7.12. The third-order valence-corrected chi connectivity index (χ3v) is 11.1. The lowest BCUT2D eigenvalue weighted by atomic mass is 9.91. The Balaban J connectivity index is 0.00000541. The van der Waals surface area contributed by atoms with Gasteiger partial charge in [0, 0.05) is 37.2 Å². The topological polar surface area (TPSA) is 144 Å². The Morgan fingerprint density at radius 3 is 2.37 bits per heavy atom. The summed E-state index contributed by atoms with van der Waals surface area (Å²) in [5.41, 5.74) is -1.06. The summed E-state index contributed by atoms with van der Waals surface area (Å²) in [4.78, 5) is 31.0. The lowest BCUT2D eigenvalue weighted by Gasteiger charge is -2.35. The molecule has 0 unspecified atom stereocenters. The lowest BCUT2D eigenvalue weighted by molar-refractivity contribution is -0.169. The number of aliphatic hydroxyl groups excluding tert-OH is 1. The minimum Gasteiger partial charge on any atom is -0.506 e. The molecule has 1 saturated carbocycles. The maximum Gasteiger partial charge on any atom is 0.349 e. The molecular formula is C36H48FN3O7S2. The average Bonchev–Trinajstić information content (AvgIpc) is 3.84. The molecular weight excluding hydrogens is 670 g/mol. The second kappa shape index (κ2) is 18.7. The maximum absolute atomic E-state index is 13.3. The predicted octanol–water partition coefficient (Wildman–Crippen LogP) is 5.43. The van der Waals surface area contributed by atoms with Gasteiger partial charge in [0.1, 0.15) is 11.9 Å². The normalized spacial score (nSPS) is 17.2. The van der Waals surface area contributed by atoms with E-state index < -0.39 is 17.7 Å². The second-order valence-corrected chi connectivity index (χ2v) is 14.4. The fraction of sp³-hybridized carbons (Fsp3) is 0.500. The summed E-state index contributed by atoms with van der Waals surface area (Å²) in [6.07, 6.45) is 6.61. The molecule has 1 aliphatic carbocycles. The van der Waals surface area contributed by atoms with Crippen molar-refractivity contribution in [2.45, 2.75) is 75.2 Å². The Labute approximate surface area is 294 Å². The Morgan fingerprint density at radius 2 is 1.69 bits per heavy atom. The molecule has 1 aliphatic rings. The number of halogens is 1. The summed E-state index contributed by atoms with van der Waals surface area (Å²) < 4.78 is 11.8. The first kappa shape index (κ1) is 38.6. The number of hydrogen-bond donors (Lipinski definition) is 5. The standard InChI is InChI=1S/C36H47N3O7S2.FH/c1-39(25-10-12-26(13-11-25)46-35(43)36(44,31-8-6-22-47-31)32-9-7-23-48-32)19-21-45-20-5-3-2-4-18-37-24-30(41)27-14-16-29(40)34-28(27)15-17-33(42)38-34;/h6-9,14-17,22-23,25-26,30,37,40-41,44H,2-5,10-13,18-21,24H2,1H3,(H,38,42);1H/t25?,26?,30-;/m1./s1. The smallest absolute Gasteiger partial charge is 0.349 e. The zero-order chi connectivity index (χ0) is 33.9. The van der Waals surface area contributed by atoms with Crippen LogP contribution < -0.4 is 10.9 Å². The first-order valence-corrected chi connectivity index (χ1v) is 18.6. The maximum atomic E-state index is 13.3. The van der Waals surface area contributed by atoms with E-state index in [0.717, 1.165) is 71.1 Å². The highest BCUT2D eigenvalue weighted by Crippen LogP contribution is 2.38. The number of benzene rings is 1. The van der Waals surface area contributed by atoms with Crippen LogP contribution in [0.1, 0.15) is 72.8 Å². The van der Waals surface area contributed by atoms with Gasteiger partial charge in [-0.25, -0.2) is 4.79 Å². The fourth-order valence-electron chi connectivity index (χ4n) is 6.33. The molecule has 3 heterocycles. The number of rotatable bonds is 18. The number of fused-ring (bicyclic) bond motifs is 1. The van der Waals surface area contributed by atoms with Crippen molar-refractivity contribution in [2.24, 2.45) is 0 Å². The summed E-state index contributed by atoms with van der Waals surface area (Å²) >= 11 is 2.71. The lowest BCUT2D eigenvalue weighted by Crippen LogP contribution is -2.42. The van der Waals surface area contributed by atoms with Crippen LogP contribution >= 0.6 is 22.7 Å². The molecule has 5 N–H and O–H groups in total. The summed E-state index contributed by atoms with van der Waals surface area (Å²) in [6.45, 7) is 3.44. The molecule has 1 fully saturated rings. The van der Waals surface area contributed by atoms with Crippen molar-refractivity contribution >= 4 is 39.5 Å². The van der Waals surface area contributed by atoms with Gasteiger partial charge in [0.2, 0.25) is 11.2 Å². The molecule has 1 aromatic carbocycles. The van der Waals surface area contributed by atoms with Crippen LogP contribution in [0.4, 0.5) is 4.70 Å². The minimum atomic E-state index is -1.76. The number of phenols is 1. The van der Waals surface area contributed by atoms with Crippen LogP contribution in [0.2, 0.25) is 0 Å². The molecule has 4 aromatic rings. The molecule has 0 bridgehead atoms. The summed E-state index contributed by atoms with van der Waals surface area (Å²) in [6, 6.07) is 13.8. The Morgan fingerprint density at radius 1 is 1.00 bits per heavy atom. The van der Waals surface area contributed by atoms with E-state index >= 15 is 0 Å². The zero-order valence-corrected chi connectivity index (χ0v) is 29.5. The van der Waals surface area contributed by atoms with Crippen molar-refractivity contribution < 1.29 is 34.3 Å². The van der Waals surface area contributed by atoms with E-state index in [1.165, 1.54) is 34.8 Å². The Hall–Kier alpha value is -3.17. The molecule has 49 heavy (non-hydrogen) atoms. The van der Waals surface area contributed by atoms with Gasteiger partial charge in [0.05, 0.1) is 28.0 Å². The number of nitrogens with zero attached hydrogens (tertiary/aromatic N) is 1. The van der Waals surface area contributed by atoms with E-state index in [0.29, 0.717) is 45.4 Å². The Kier molecular flexibility index (Phi) is 14.8. The number of likely N-dealkylation sites (N-methyl/N-ethyl adjacent to an activating group) is 1. The predicted molar refractivity (Wildman–Crippen MR) is 192 cm³/mol. The molecule has 10 nitrogen and oxygen atoms in total. The van der Waals surface area contributed by atoms with E-state index in [1.807, 2.05) is 22.9 Å². The van der Waals surface area contributed by atoms with Gasteiger partial charge in [0.15, 0.2) is 0 Å². The fourth-order valence-corrected chi connectivity index (χ4v) is 8.05. The number of H-pyrrole nitrogens is 1.